The number of benzene rings is 1. The predicted octanol–water partition coefficient (Wildman–Crippen LogP) is 2.42. The highest BCUT2D eigenvalue weighted by Crippen LogP contribution is 2.21. The molecule has 0 fully saturated rings. The van der Waals surface area contributed by atoms with Crippen molar-refractivity contribution in [2.45, 2.75) is 30.4 Å². The van der Waals surface area contributed by atoms with Crippen molar-refractivity contribution in [1.29, 1.82) is 0 Å². The summed E-state index contributed by atoms with van der Waals surface area (Å²) >= 11 is 0. The summed E-state index contributed by atoms with van der Waals surface area (Å²) in [6.07, 6.45) is 4.52. The molecule has 0 radical (unpaired) electrons. The highest BCUT2D eigenvalue weighted by atomic mass is 32.2. The van der Waals surface area contributed by atoms with Gasteiger partial charge in [0.2, 0.25) is 0 Å². The van der Waals surface area contributed by atoms with Gasteiger partial charge in [-0.2, -0.15) is 0 Å². The molecule has 1 aromatic rings. The fourth-order valence-electron chi connectivity index (χ4n) is 1.90. The topological polar surface area (TPSA) is 46.5 Å². The van der Waals surface area contributed by atoms with Gasteiger partial charge in [-0.25, -0.2) is 8.42 Å². The molecular formula is C14H17NO2S. The summed E-state index contributed by atoms with van der Waals surface area (Å²) in [4.78, 5) is 4.74. The van der Waals surface area contributed by atoms with Crippen LogP contribution in [0.2, 0.25) is 0 Å². The summed E-state index contributed by atoms with van der Waals surface area (Å²) in [5.74, 6) is 0. The van der Waals surface area contributed by atoms with Gasteiger partial charge in [0, 0.05) is 12.1 Å². The first-order chi connectivity index (χ1) is 8.51. The molecule has 2 rings (SSSR count). The van der Waals surface area contributed by atoms with Crippen LogP contribution in [-0.2, 0) is 16.3 Å². The van der Waals surface area contributed by atoms with Crippen molar-refractivity contribution in [3.63, 3.8) is 0 Å². The maximum absolute atomic E-state index is 12.3. The smallest absolute Gasteiger partial charge is 0.180 e. The predicted molar refractivity (Wildman–Crippen MR) is 73.9 cm³/mol. The summed E-state index contributed by atoms with van der Waals surface area (Å²) in [7, 11) is -3.23. The molecule has 0 unspecified atom stereocenters. The Balaban J connectivity index is 2.40. The molecule has 3 nitrogen and oxygen atoms in total. The van der Waals surface area contributed by atoms with Crippen LogP contribution in [0.15, 0.2) is 46.3 Å². The second kappa shape index (κ2) is 5.06. The number of hydrogen-bond donors (Lipinski definition) is 0. The van der Waals surface area contributed by atoms with Crippen LogP contribution in [0.3, 0.4) is 0 Å². The number of aliphatic imine (C=N–C) groups is 1. The van der Waals surface area contributed by atoms with Gasteiger partial charge in [0.25, 0.3) is 0 Å². The molecule has 0 saturated heterocycles. The van der Waals surface area contributed by atoms with Crippen LogP contribution in [0.1, 0.15) is 19.4 Å². The molecule has 96 valence electrons. The molecule has 1 heterocycles. The van der Waals surface area contributed by atoms with Crippen LogP contribution in [-0.4, -0.2) is 25.9 Å². The van der Waals surface area contributed by atoms with Gasteiger partial charge in [-0.05, 0) is 31.6 Å². The van der Waals surface area contributed by atoms with E-state index in [1.54, 1.807) is 26.0 Å². The fourth-order valence-corrected chi connectivity index (χ4v) is 3.18. The van der Waals surface area contributed by atoms with Crippen molar-refractivity contribution < 1.29 is 8.42 Å². The highest BCUT2D eigenvalue weighted by molar-refractivity contribution is 7.92. The number of hydrogen-bond acceptors (Lipinski definition) is 3. The van der Waals surface area contributed by atoms with Crippen LogP contribution in [0.4, 0.5) is 0 Å². The zero-order valence-electron chi connectivity index (χ0n) is 10.6. The average molecular weight is 263 g/mol. The summed E-state index contributed by atoms with van der Waals surface area (Å²) in [6, 6.07) is 7.19. The van der Waals surface area contributed by atoms with E-state index in [2.05, 4.69) is 4.99 Å². The van der Waals surface area contributed by atoms with Gasteiger partial charge in [-0.15, -0.1) is 0 Å². The molecule has 0 N–H and O–H groups in total. The van der Waals surface area contributed by atoms with Crippen molar-refractivity contribution in [2.75, 3.05) is 6.54 Å². The number of sulfone groups is 1. The van der Waals surface area contributed by atoms with E-state index in [1.165, 1.54) is 0 Å². The monoisotopic (exact) mass is 263 g/mol. The Bertz CT molecular complexity index is 598. The lowest BCUT2D eigenvalue weighted by molar-refractivity contribution is 0.586. The molecule has 0 amide bonds. The van der Waals surface area contributed by atoms with Gasteiger partial charge >= 0.3 is 0 Å². The molecule has 1 aliphatic heterocycles. The van der Waals surface area contributed by atoms with E-state index in [0.29, 0.717) is 17.9 Å². The maximum Gasteiger partial charge on any atom is 0.180 e. The van der Waals surface area contributed by atoms with Crippen molar-refractivity contribution in [1.82, 2.24) is 0 Å². The van der Waals surface area contributed by atoms with Gasteiger partial charge in [-0.3, -0.25) is 4.99 Å². The van der Waals surface area contributed by atoms with Crippen molar-refractivity contribution in [3.05, 3.63) is 42.0 Å². The lowest BCUT2D eigenvalue weighted by Gasteiger charge is -2.12. The van der Waals surface area contributed by atoms with Gasteiger partial charge < -0.3 is 0 Å². The first kappa shape index (κ1) is 13.0. The fraction of sp³-hybridized carbons (Fsp3) is 0.357. The Kier molecular flexibility index (Phi) is 3.66. The molecule has 0 aromatic heterocycles. The maximum atomic E-state index is 12.3. The van der Waals surface area contributed by atoms with E-state index < -0.39 is 15.1 Å². The molecule has 4 heteroatoms. The van der Waals surface area contributed by atoms with Gasteiger partial charge in [0.1, 0.15) is 0 Å². The third-order valence-corrected chi connectivity index (χ3v) is 5.23. The minimum Gasteiger partial charge on any atom is -0.285 e. The zero-order chi connectivity index (χ0) is 13.2. The summed E-state index contributed by atoms with van der Waals surface area (Å²) < 4.78 is 24.5. The Morgan fingerprint density at radius 2 is 2.00 bits per heavy atom. The van der Waals surface area contributed by atoms with Gasteiger partial charge in [-0.1, -0.05) is 24.3 Å². The number of nitrogens with zero attached hydrogens (tertiary/aromatic N) is 1. The normalized spacial score (nSPS) is 15.2. The molecule has 0 atom stereocenters. The largest absolute Gasteiger partial charge is 0.285 e. The molecule has 1 aromatic carbocycles. The van der Waals surface area contributed by atoms with Crippen LogP contribution in [0.5, 0.6) is 0 Å². The minimum absolute atomic E-state index is 0.403. The van der Waals surface area contributed by atoms with E-state index in [0.717, 1.165) is 11.3 Å². The van der Waals surface area contributed by atoms with Crippen molar-refractivity contribution >= 4 is 15.5 Å². The lowest BCUT2D eigenvalue weighted by Crippen LogP contribution is -2.16. The molecule has 1 aliphatic rings. The summed E-state index contributed by atoms with van der Waals surface area (Å²) in [5, 5.41) is -0.403. The second-order valence-electron chi connectivity index (χ2n) is 4.61. The van der Waals surface area contributed by atoms with E-state index in [9.17, 15) is 8.42 Å². The van der Waals surface area contributed by atoms with E-state index in [1.807, 2.05) is 24.3 Å². The highest BCUT2D eigenvalue weighted by Gasteiger charge is 2.22. The minimum atomic E-state index is -3.23. The van der Waals surface area contributed by atoms with Gasteiger partial charge in [0.05, 0.1) is 16.7 Å². The van der Waals surface area contributed by atoms with Crippen LogP contribution < -0.4 is 0 Å². The summed E-state index contributed by atoms with van der Waals surface area (Å²) in [6.45, 7) is 4.12. The second-order valence-corrected chi connectivity index (χ2v) is 7.09. The van der Waals surface area contributed by atoms with Crippen LogP contribution in [0.25, 0.3) is 0 Å². The Hall–Kier alpha value is -1.42. The SMILES string of the molecule is CC(C)S(=O)(=O)c1ccccc1CC1=NCC=C1. The number of rotatable bonds is 4. The Morgan fingerprint density at radius 1 is 1.28 bits per heavy atom. The first-order valence-electron chi connectivity index (χ1n) is 6.03. The standard InChI is InChI=1S/C14H17NO2S/c1-11(2)18(16,17)14-8-4-3-6-12(14)10-13-7-5-9-15-13/h3-8,11H,9-10H2,1-2H3. The molecule has 0 saturated carbocycles. The van der Waals surface area contributed by atoms with E-state index >= 15 is 0 Å². The Morgan fingerprint density at radius 3 is 2.61 bits per heavy atom. The third-order valence-electron chi connectivity index (χ3n) is 2.98. The first-order valence-corrected chi connectivity index (χ1v) is 7.58. The third kappa shape index (κ3) is 2.53. The molecule has 0 bridgehead atoms. The van der Waals surface area contributed by atoms with Crippen LogP contribution in [0, 0.1) is 0 Å². The van der Waals surface area contributed by atoms with Crippen molar-refractivity contribution in [2.24, 2.45) is 4.99 Å². The lowest BCUT2D eigenvalue weighted by atomic mass is 10.1. The molecule has 0 spiro atoms. The van der Waals surface area contributed by atoms with Crippen LogP contribution >= 0.6 is 0 Å². The molecule has 18 heavy (non-hydrogen) atoms. The van der Waals surface area contributed by atoms with Crippen molar-refractivity contribution in [3.8, 4) is 0 Å². The molecule has 0 aliphatic carbocycles. The van der Waals surface area contributed by atoms with E-state index in [4.69, 9.17) is 0 Å². The number of allylic oxidation sites excluding steroid dienone is 1. The van der Waals surface area contributed by atoms with E-state index in [-0.39, 0.29) is 0 Å². The molecular weight excluding hydrogens is 246 g/mol. The zero-order valence-corrected chi connectivity index (χ0v) is 11.4. The van der Waals surface area contributed by atoms with Gasteiger partial charge in [0.15, 0.2) is 9.84 Å². The quantitative estimate of drug-likeness (QED) is 0.837. The Labute approximate surface area is 108 Å². The summed E-state index contributed by atoms with van der Waals surface area (Å²) in [5.41, 5.74) is 1.78. The average Bonchev–Trinajstić information content (AvgIpc) is 2.82.